The second-order valence-electron chi connectivity index (χ2n) is 6.61. The Labute approximate surface area is 144 Å². The van der Waals surface area contributed by atoms with Crippen LogP contribution in [0.1, 0.15) is 85.0 Å². The second kappa shape index (κ2) is 15.4. The van der Waals surface area contributed by atoms with Gasteiger partial charge in [-0.25, -0.2) is 0 Å². The monoisotopic (exact) mass is 354 g/mol. The highest BCUT2D eigenvalue weighted by atomic mass is 32.3. The van der Waals surface area contributed by atoms with Crippen molar-refractivity contribution in [2.24, 2.45) is 0 Å². The van der Waals surface area contributed by atoms with Crippen LogP contribution in [0.25, 0.3) is 0 Å². The smallest absolute Gasteiger partial charge is 0.327 e. The third-order valence-corrected chi connectivity index (χ3v) is 4.58. The first-order chi connectivity index (χ1) is 10.7. The predicted molar refractivity (Wildman–Crippen MR) is 98.2 cm³/mol. The van der Waals surface area contributed by atoms with Gasteiger partial charge < -0.3 is 4.48 Å². The number of unbranched alkanes of at least 4 members (excludes halogenated alkanes) is 9. The summed E-state index contributed by atoms with van der Waals surface area (Å²) >= 11 is 0. The van der Waals surface area contributed by atoms with E-state index in [4.69, 9.17) is 17.5 Å². The van der Waals surface area contributed by atoms with Crippen LogP contribution in [0.5, 0.6) is 0 Å². The molecule has 0 aliphatic heterocycles. The van der Waals surface area contributed by atoms with Crippen molar-refractivity contribution < 1.29 is 22.0 Å². The average Bonchev–Trinajstić information content (AvgIpc) is 2.47. The first-order valence-corrected chi connectivity index (χ1v) is 10.6. The maximum absolute atomic E-state index is 8.74. The van der Waals surface area contributed by atoms with Crippen molar-refractivity contribution in [3.63, 3.8) is 0 Å². The van der Waals surface area contributed by atoms with Crippen molar-refractivity contribution in [3.05, 3.63) is 0 Å². The highest BCUT2D eigenvalue weighted by Gasteiger charge is 2.14. The minimum Gasteiger partial charge on any atom is -0.327 e. The SMILES string of the molecule is CCCCCCCCCCCC[N+](C)(CC)CC.O=S(=O)(O)O. The van der Waals surface area contributed by atoms with Gasteiger partial charge in [0.2, 0.25) is 0 Å². The molecule has 0 fully saturated rings. The Bertz CT molecular complexity index is 333. The Morgan fingerprint density at radius 3 is 1.30 bits per heavy atom. The molecule has 0 heterocycles. The van der Waals surface area contributed by atoms with Crippen LogP contribution in [0.3, 0.4) is 0 Å². The van der Waals surface area contributed by atoms with Crippen molar-refractivity contribution in [3.8, 4) is 0 Å². The van der Waals surface area contributed by atoms with E-state index in [2.05, 4.69) is 27.8 Å². The fourth-order valence-corrected chi connectivity index (χ4v) is 2.52. The standard InChI is InChI=1S/C17H38N.H2O4S/c1-5-8-9-10-11-12-13-14-15-16-17-18(4,6-2)7-3;1-5(2,3)4/h5-17H2,1-4H3;(H2,1,2,3,4)/q+1;. The normalized spacial score (nSPS) is 11.9. The van der Waals surface area contributed by atoms with E-state index in [0.29, 0.717) is 0 Å². The maximum Gasteiger partial charge on any atom is 0.394 e. The van der Waals surface area contributed by atoms with E-state index in [1.807, 2.05) is 0 Å². The topological polar surface area (TPSA) is 74.6 Å². The lowest BCUT2D eigenvalue weighted by molar-refractivity contribution is -0.906. The van der Waals surface area contributed by atoms with E-state index in [9.17, 15) is 0 Å². The van der Waals surface area contributed by atoms with Crippen LogP contribution >= 0.6 is 0 Å². The second-order valence-corrected chi connectivity index (χ2v) is 7.50. The Morgan fingerprint density at radius 2 is 1.00 bits per heavy atom. The molecule has 0 spiro atoms. The summed E-state index contributed by atoms with van der Waals surface area (Å²) in [6, 6.07) is 0. The van der Waals surface area contributed by atoms with Gasteiger partial charge in [-0.05, 0) is 26.7 Å². The van der Waals surface area contributed by atoms with Crippen LogP contribution in [0.2, 0.25) is 0 Å². The molecule has 0 bridgehead atoms. The van der Waals surface area contributed by atoms with E-state index < -0.39 is 10.4 Å². The predicted octanol–water partition coefficient (Wildman–Crippen LogP) is 4.74. The molecule has 0 aromatic carbocycles. The zero-order chi connectivity index (χ0) is 18.2. The molecule has 23 heavy (non-hydrogen) atoms. The molecule has 0 aliphatic rings. The number of quaternary nitrogens is 1. The van der Waals surface area contributed by atoms with Gasteiger partial charge >= 0.3 is 10.4 Å². The van der Waals surface area contributed by atoms with Crippen molar-refractivity contribution in [1.82, 2.24) is 0 Å². The summed E-state index contributed by atoms with van der Waals surface area (Å²) in [6.07, 6.45) is 14.5. The van der Waals surface area contributed by atoms with Gasteiger partial charge in [-0.2, -0.15) is 8.42 Å². The first kappa shape index (κ1) is 25.1. The van der Waals surface area contributed by atoms with Crippen molar-refractivity contribution >= 4 is 10.4 Å². The number of rotatable bonds is 13. The molecule has 0 atom stereocenters. The Hall–Kier alpha value is -0.170. The third kappa shape index (κ3) is 24.2. The van der Waals surface area contributed by atoms with Gasteiger partial charge in [-0.1, -0.05) is 58.3 Å². The number of hydrogen-bond acceptors (Lipinski definition) is 2. The molecule has 0 aromatic rings. The summed E-state index contributed by atoms with van der Waals surface area (Å²) in [7, 11) is -2.27. The minimum absolute atomic E-state index is 1.26. The number of nitrogens with zero attached hydrogens (tertiary/aromatic N) is 1. The molecule has 0 amide bonds. The molecule has 142 valence electrons. The van der Waals surface area contributed by atoms with E-state index in [0.717, 1.165) is 0 Å². The van der Waals surface area contributed by atoms with Gasteiger partial charge in [-0.15, -0.1) is 0 Å². The van der Waals surface area contributed by atoms with Crippen molar-refractivity contribution in [2.75, 3.05) is 26.7 Å². The lowest BCUT2D eigenvalue weighted by atomic mass is 10.1. The Morgan fingerprint density at radius 1 is 0.696 bits per heavy atom. The lowest BCUT2D eigenvalue weighted by Crippen LogP contribution is -2.44. The molecule has 0 unspecified atom stereocenters. The minimum atomic E-state index is -4.67. The van der Waals surface area contributed by atoms with E-state index in [1.54, 1.807) is 0 Å². The molecule has 0 saturated carbocycles. The highest BCUT2D eigenvalue weighted by molar-refractivity contribution is 7.79. The molecule has 0 rings (SSSR count). The molecule has 6 heteroatoms. The fraction of sp³-hybridized carbons (Fsp3) is 1.00. The van der Waals surface area contributed by atoms with Crippen LogP contribution < -0.4 is 0 Å². The van der Waals surface area contributed by atoms with Crippen LogP contribution in [-0.2, 0) is 10.4 Å². The van der Waals surface area contributed by atoms with Gasteiger partial charge in [0.25, 0.3) is 0 Å². The van der Waals surface area contributed by atoms with Crippen LogP contribution in [0.15, 0.2) is 0 Å². The summed E-state index contributed by atoms with van der Waals surface area (Å²) in [6.45, 7) is 10.9. The van der Waals surface area contributed by atoms with Crippen LogP contribution in [-0.4, -0.2) is 48.7 Å². The van der Waals surface area contributed by atoms with Gasteiger partial charge in [0.15, 0.2) is 0 Å². The average molecular weight is 355 g/mol. The summed E-state index contributed by atoms with van der Waals surface area (Å²) in [5, 5.41) is 0. The van der Waals surface area contributed by atoms with Gasteiger partial charge in [0.05, 0.1) is 26.7 Å². The fourth-order valence-electron chi connectivity index (χ4n) is 2.52. The summed E-state index contributed by atoms with van der Waals surface area (Å²) in [4.78, 5) is 0. The Kier molecular flexibility index (Phi) is 16.7. The van der Waals surface area contributed by atoms with Gasteiger partial charge in [-0.3, -0.25) is 9.11 Å². The molecule has 0 aromatic heterocycles. The molecule has 0 aliphatic carbocycles. The van der Waals surface area contributed by atoms with E-state index in [1.165, 1.54) is 88.3 Å². The highest BCUT2D eigenvalue weighted by Crippen LogP contribution is 2.12. The first-order valence-electron chi connectivity index (χ1n) is 9.22. The number of hydrogen-bond donors (Lipinski definition) is 2. The molecule has 0 saturated heterocycles. The van der Waals surface area contributed by atoms with Crippen LogP contribution in [0.4, 0.5) is 0 Å². The quantitative estimate of drug-likeness (QED) is 0.284. The van der Waals surface area contributed by atoms with Gasteiger partial charge in [0.1, 0.15) is 0 Å². The molecule has 5 nitrogen and oxygen atoms in total. The zero-order valence-corrected chi connectivity index (χ0v) is 16.6. The summed E-state index contributed by atoms with van der Waals surface area (Å²) in [5.74, 6) is 0. The summed E-state index contributed by atoms with van der Waals surface area (Å²) in [5.41, 5.74) is 0. The van der Waals surface area contributed by atoms with Crippen molar-refractivity contribution in [2.45, 2.75) is 85.0 Å². The van der Waals surface area contributed by atoms with E-state index >= 15 is 0 Å². The van der Waals surface area contributed by atoms with Crippen LogP contribution in [0, 0.1) is 0 Å². The molecular formula is C17H40NO4S+. The maximum atomic E-state index is 8.74. The Balaban J connectivity index is 0. The van der Waals surface area contributed by atoms with Crippen molar-refractivity contribution in [1.29, 1.82) is 0 Å². The van der Waals surface area contributed by atoms with E-state index in [-0.39, 0.29) is 0 Å². The van der Waals surface area contributed by atoms with Gasteiger partial charge in [0, 0.05) is 0 Å². The molecule has 2 N–H and O–H groups in total. The third-order valence-electron chi connectivity index (χ3n) is 4.58. The molecule has 0 radical (unpaired) electrons. The lowest BCUT2D eigenvalue weighted by Gasteiger charge is -2.32. The summed E-state index contributed by atoms with van der Waals surface area (Å²) < 4.78 is 32.8. The molecular weight excluding hydrogens is 314 g/mol. The zero-order valence-electron chi connectivity index (χ0n) is 15.8. The largest absolute Gasteiger partial charge is 0.394 e.